The van der Waals surface area contributed by atoms with E-state index in [0.717, 1.165) is 31.6 Å². The fourth-order valence-electron chi connectivity index (χ4n) is 3.47. The summed E-state index contributed by atoms with van der Waals surface area (Å²) in [6, 6.07) is 9.77. The second-order valence-corrected chi connectivity index (χ2v) is 6.38. The summed E-state index contributed by atoms with van der Waals surface area (Å²) in [7, 11) is 0. The molecule has 5 nitrogen and oxygen atoms in total. The number of piperidine rings is 1. The molecule has 24 heavy (non-hydrogen) atoms. The molecule has 2 fully saturated rings. The maximum atomic E-state index is 12.8. The fourth-order valence-corrected chi connectivity index (χ4v) is 3.47. The number of amides is 1. The molecule has 1 atom stereocenters. The summed E-state index contributed by atoms with van der Waals surface area (Å²) < 4.78 is 11.3. The van der Waals surface area contributed by atoms with Crippen molar-refractivity contribution in [2.45, 2.75) is 19.1 Å². The second-order valence-electron chi connectivity index (χ2n) is 6.38. The van der Waals surface area contributed by atoms with Gasteiger partial charge < -0.3 is 14.4 Å². The van der Waals surface area contributed by atoms with Gasteiger partial charge >= 0.3 is 0 Å². The molecule has 0 saturated carbocycles. The highest BCUT2D eigenvalue weighted by Gasteiger charge is 2.32. The Morgan fingerprint density at radius 1 is 1.29 bits per heavy atom. The molecule has 0 spiro atoms. The predicted molar refractivity (Wildman–Crippen MR) is 93.8 cm³/mol. The van der Waals surface area contributed by atoms with E-state index in [2.05, 4.69) is 11.5 Å². The lowest BCUT2D eigenvalue weighted by Crippen LogP contribution is -2.46. The molecule has 1 aromatic carbocycles. The summed E-state index contributed by atoms with van der Waals surface area (Å²) in [5.74, 6) is 0.466. The van der Waals surface area contributed by atoms with E-state index in [1.165, 1.54) is 0 Å². The number of nitrogens with zero attached hydrogens (tertiary/aromatic N) is 2. The summed E-state index contributed by atoms with van der Waals surface area (Å²) >= 11 is 0. The number of para-hydroxylation sites is 1. The van der Waals surface area contributed by atoms with Crippen molar-refractivity contribution in [3.63, 3.8) is 0 Å². The Balaban J connectivity index is 1.60. The first-order valence-corrected chi connectivity index (χ1v) is 8.70. The average Bonchev–Trinajstić information content (AvgIpc) is 3.15. The van der Waals surface area contributed by atoms with Gasteiger partial charge in [0, 0.05) is 24.7 Å². The van der Waals surface area contributed by atoms with Crippen molar-refractivity contribution in [2.75, 3.05) is 44.3 Å². The molecule has 0 radical (unpaired) electrons. The standard InChI is InChI=1S/C19H26N2O3/c1-2-10-21(17-8-4-3-5-9-17)18(22)15-20-11-6-7-16(14-20)19-23-12-13-24-19/h2-5,8-9,16,19H,1,6-7,10-15H2. The van der Waals surface area contributed by atoms with Gasteiger partial charge in [0.25, 0.3) is 0 Å². The van der Waals surface area contributed by atoms with Crippen molar-refractivity contribution < 1.29 is 14.3 Å². The Morgan fingerprint density at radius 3 is 2.75 bits per heavy atom. The summed E-state index contributed by atoms with van der Waals surface area (Å²) in [6.45, 7) is 7.89. The quantitative estimate of drug-likeness (QED) is 0.751. The summed E-state index contributed by atoms with van der Waals surface area (Å²) in [5, 5.41) is 0. The van der Waals surface area contributed by atoms with Gasteiger partial charge in [-0.15, -0.1) is 6.58 Å². The van der Waals surface area contributed by atoms with E-state index in [1.807, 2.05) is 30.3 Å². The van der Waals surface area contributed by atoms with Crippen LogP contribution in [-0.2, 0) is 14.3 Å². The van der Waals surface area contributed by atoms with E-state index >= 15 is 0 Å². The summed E-state index contributed by atoms with van der Waals surface area (Å²) in [6.07, 6.45) is 3.85. The minimum atomic E-state index is -0.0960. The number of benzene rings is 1. The molecule has 0 bridgehead atoms. The molecule has 0 aliphatic carbocycles. The third-order valence-electron chi connectivity index (χ3n) is 4.61. The van der Waals surface area contributed by atoms with Crippen molar-refractivity contribution in [3.8, 4) is 0 Å². The van der Waals surface area contributed by atoms with Crippen LogP contribution in [0.1, 0.15) is 12.8 Å². The highest BCUT2D eigenvalue weighted by Crippen LogP contribution is 2.25. The first-order chi connectivity index (χ1) is 11.8. The Kier molecular flexibility index (Phi) is 6.01. The molecule has 1 aromatic rings. The van der Waals surface area contributed by atoms with E-state index in [-0.39, 0.29) is 12.2 Å². The zero-order chi connectivity index (χ0) is 16.8. The van der Waals surface area contributed by atoms with Crippen LogP contribution < -0.4 is 4.90 Å². The van der Waals surface area contributed by atoms with Crippen LogP contribution in [0.4, 0.5) is 5.69 Å². The zero-order valence-corrected chi connectivity index (χ0v) is 14.1. The fraction of sp³-hybridized carbons (Fsp3) is 0.526. The number of carbonyl (C=O) groups is 1. The van der Waals surface area contributed by atoms with Crippen LogP contribution in [0.2, 0.25) is 0 Å². The number of ether oxygens (including phenoxy) is 2. The lowest BCUT2D eigenvalue weighted by molar-refractivity contribution is -0.123. The molecular weight excluding hydrogens is 304 g/mol. The van der Waals surface area contributed by atoms with Gasteiger partial charge in [-0.25, -0.2) is 0 Å². The smallest absolute Gasteiger partial charge is 0.241 e. The maximum absolute atomic E-state index is 12.8. The Bertz CT molecular complexity index is 543. The molecule has 0 aromatic heterocycles. The molecule has 1 amide bonds. The maximum Gasteiger partial charge on any atom is 0.241 e. The van der Waals surface area contributed by atoms with Crippen LogP contribution in [0.5, 0.6) is 0 Å². The van der Waals surface area contributed by atoms with Crippen LogP contribution in [0, 0.1) is 5.92 Å². The number of carbonyl (C=O) groups excluding carboxylic acids is 1. The van der Waals surface area contributed by atoms with Gasteiger partial charge in [-0.1, -0.05) is 24.3 Å². The van der Waals surface area contributed by atoms with E-state index in [1.54, 1.807) is 11.0 Å². The van der Waals surface area contributed by atoms with Gasteiger partial charge in [-0.3, -0.25) is 9.69 Å². The molecule has 2 aliphatic rings. The first kappa shape index (κ1) is 17.1. The van der Waals surface area contributed by atoms with Gasteiger partial charge in [0.05, 0.1) is 19.8 Å². The number of anilines is 1. The van der Waals surface area contributed by atoms with Gasteiger partial charge in [0.15, 0.2) is 6.29 Å². The molecule has 2 aliphatic heterocycles. The normalized spacial score (nSPS) is 22.4. The van der Waals surface area contributed by atoms with Crippen LogP contribution in [-0.4, -0.2) is 56.5 Å². The molecule has 5 heteroatoms. The van der Waals surface area contributed by atoms with E-state index in [0.29, 0.717) is 32.2 Å². The lowest BCUT2D eigenvalue weighted by atomic mass is 9.97. The number of hydrogen-bond acceptors (Lipinski definition) is 4. The molecular formula is C19H26N2O3. The molecule has 3 rings (SSSR count). The molecule has 1 unspecified atom stereocenters. The van der Waals surface area contributed by atoms with Crippen LogP contribution >= 0.6 is 0 Å². The Morgan fingerprint density at radius 2 is 2.04 bits per heavy atom. The zero-order valence-electron chi connectivity index (χ0n) is 14.1. The Labute approximate surface area is 143 Å². The van der Waals surface area contributed by atoms with E-state index in [9.17, 15) is 4.79 Å². The van der Waals surface area contributed by atoms with Gasteiger partial charge in [0.2, 0.25) is 5.91 Å². The predicted octanol–water partition coefficient (Wildman–Crippen LogP) is 2.29. The highest BCUT2D eigenvalue weighted by atomic mass is 16.7. The van der Waals surface area contributed by atoms with E-state index < -0.39 is 0 Å². The average molecular weight is 330 g/mol. The van der Waals surface area contributed by atoms with E-state index in [4.69, 9.17) is 9.47 Å². The van der Waals surface area contributed by atoms with Crippen molar-refractivity contribution in [1.82, 2.24) is 4.90 Å². The minimum absolute atomic E-state index is 0.0960. The molecule has 2 heterocycles. The Hall–Kier alpha value is -1.69. The molecule has 130 valence electrons. The van der Waals surface area contributed by atoms with Gasteiger partial charge in [-0.05, 0) is 31.5 Å². The van der Waals surface area contributed by atoms with Crippen LogP contribution in [0.25, 0.3) is 0 Å². The summed E-state index contributed by atoms with van der Waals surface area (Å²) in [4.78, 5) is 16.8. The van der Waals surface area contributed by atoms with Crippen LogP contribution in [0.15, 0.2) is 43.0 Å². The SMILES string of the molecule is C=CCN(C(=O)CN1CCCC(C2OCCO2)C1)c1ccccc1. The minimum Gasteiger partial charge on any atom is -0.350 e. The van der Waals surface area contributed by atoms with Crippen LogP contribution in [0.3, 0.4) is 0 Å². The van der Waals surface area contributed by atoms with Crippen molar-refractivity contribution in [2.24, 2.45) is 5.92 Å². The topological polar surface area (TPSA) is 42.0 Å². The molecule has 2 saturated heterocycles. The number of hydrogen-bond donors (Lipinski definition) is 0. The number of rotatable bonds is 6. The third kappa shape index (κ3) is 4.23. The lowest BCUT2D eigenvalue weighted by Gasteiger charge is -2.35. The van der Waals surface area contributed by atoms with Crippen molar-refractivity contribution >= 4 is 11.6 Å². The van der Waals surface area contributed by atoms with Gasteiger partial charge in [0.1, 0.15) is 0 Å². The van der Waals surface area contributed by atoms with Gasteiger partial charge in [-0.2, -0.15) is 0 Å². The largest absolute Gasteiger partial charge is 0.350 e. The summed E-state index contributed by atoms with van der Waals surface area (Å²) in [5.41, 5.74) is 0.915. The molecule has 0 N–H and O–H groups in total. The monoisotopic (exact) mass is 330 g/mol. The highest BCUT2D eigenvalue weighted by molar-refractivity contribution is 5.95. The second kappa shape index (κ2) is 8.42. The first-order valence-electron chi connectivity index (χ1n) is 8.70. The van der Waals surface area contributed by atoms with Crippen molar-refractivity contribution in [3.05, 3.63) is 43.0 Å². The number of likely N-dealkylation sites (tertiary alicyclic amines) is 1. The van der Waals surface area contributed by atoms with Crippen molar-refractivity contribution in [1.29, 1.82) is 0 Å². The third-order valence-corrected chi connectivity index (χ3v) is 4.61.